The van der Waals surface area contributed by atoms with Gasteiger partial charge in [0.1, 0.15) is 18.2 Å². The molecule has 4 aromatic rings. The van der Waals surface area contributed by atoms with Gasteiger partial charge in [0.2, 0.25) is 0 Å². The number of nitrogens with zero attached hydrogens (tertiary/aromatic N) is 2. The van der Waals surface area contributed by atoms with E-state index in [0.29, 0.717) is 17.0 Å². The van der Waals surface area contributed by atoms with Crippen molar-refractivity contribution >= 4 is 11.6 Å². The maximum Gasteiger partial charge on any atom is 0.259 e. The number of aromatic nitrogens is 2. The Labute approximate surface area is 173 Å². The summed E-state index contributed by atoms with van der Waals surface area (Å²) >= 11 is 0. The molecule has 0 saturated heterocycles. The van der Waals surface area contributed by atoms with Crippen LogP contribution in [0.1, 0.15) is 15.9 Å². The number of rotatable bonds is 6. The van der Waals surface area contributed by atoms with Crippen LogP contribution in [-0.4, -0.2) is 15.9 Å². The van der Waals surface area contributed by atoms with E-state index in [1.807, 2.05) is 18.2 Å². The molecule has 0 aliphatic rings. The summed E-state index contributed by atoms with van der Waals surface area (Å²) in [5.41, 5.74) is 3.57. The third kappa shape index (κ3) is 4.67. The lowest BCUT2D eigenvalue weighted by Crippen LogP contribution is -2.14. The van der Waals surface area contributed by atoms with Gasteiger partial charge in [-0.2, -0.15) is 0 Å². The number of pyridine rings is 2. The summed E-state index contributed by atoms with van der Waals surface area (Å²) in [4.78, 5) is 21.0. The molecule has 2 heterocycles. The molecule has 148 valence electrons. The highest BCUT2D eigenvalue weighted by molar-refractivity contribution is 6.06. The number of halogens is 1. The average Bonchev–Trinajstić information content (AvgIpc) is 2.80. The quantitative estimate of drug-likeness (QED) is 0.489. The predicted octanol–water partition coefficient (Wildman–Crippen LogP) is 5.11. The van der Waals surface area contributed by atoms with Crippen molar-refractivity contribution in [3.05, 3.63) is 108 Å². The van der Waals surface area contributed by atoms with Crippen molar-refractivity contribution in [2.45, 2.75) is 6.61 Å². The lowest BCUT2D eigenvalue weighted by molar-refractivity contribution is 0.102. The van der Waals surface area contributed by atoms with Crippen LogP contribution in [0.15, 0.2) is 91.5 Å². The number of amides is 1. The molecule has 0 bridgehead atoms. The number of hydrogen-bond acceptors (Lipinski definition) is 4. The van der Waals surface area contributed by atoms with E-state index < -0.39 is 0 Å². The molecule has 30 heavy (non-hydrogen) atoms. The standard InChI is InChI=1S/C24H18FN3O2/c25-20-6-3-17(4-7-20)16-30-23-8-5-19(18-9-12-26-13-10-18)14-22(23)24(29)28-21-2-1-11-27-15-21/h1-15H,16H2,(H,28,29). The first kappa shape index (κ1) is 19.3. The minimum absolute atomic E-state index is 0.210. The molecule has 1 amide bonds. The molecule has 5 nitrogen and oxygen atoms in total. The zero-order chi connectivity index (χ0) is 20.8. The first-order chi connectivity index (χ1) is 14.7. The highest BCUT2D eigenvalue weighted by Crippen LogP contribution is 2.28. The maximum atomic E-state index is 13.1. The summed E-state index contributed by atoms with van der Waals surface area (Å²) in [7, 11) is 0. The first-order valence-corrected chi connectivity index (χ1v) is 9.32. The second-order valence-corrected chi connectivity index (χ2v) is 6.56. The Balaban J connectivity index is 1.63. The number of nitrogens with one attached hydrogen (secondary N) is 1. The molecule has 2 aromatic carbocycles. The van der Waals surface area contributed by atoms with Crippen molar-refractivity contribution in [1.82, 2.24) is 9.97 Å². The highest BCUT2D eigenvalue weighted by Gasteiger charge is 2.15. The van der Waals surface area contributed by atoms with Crippen LogP contribution in [0.3, 0.4) is 0 Å². The summed E-state index contributed by atoms with van der Waals surface area (Å²) in [6.45, 7) is 0.210. The molecule has 0 aliphatic heterocycles. The van der Waals surface area contributed by atoms with Gasteiger partial charge in [0.05, 0.1) is 17.4 Å². The Hall–Kier alpha value is -4.06. The third-order valence-corrected chi connectivity index (χ3v) is 4.46. The topological polar surface area (TPSA) is 64.1 Å². The van der Waals surface area contributed by atoms with Crippen LogP contribution in [0, 0.1) is 5.82 Å². The van der Waals surface area contributed by atoms with Crippen LogP contribution in [0.25, 0.3) is 11.1 Å². The maximum absolute atomic E-state index is 13.1. The zero-order valence-electron chi connectivity index (χ0n) is 16.0. The predicted molar refractivity (Wildman–Crippen MR) is 113 cm³/mol. The molecule has 0 unspecified atom stereocenters. The van der Waals surface area contributed by atoms with Crippen LogP contribution < -0.4 is 10.1 Å². The monoisotopic (exact) mass is 399 g/mol. The zero-order valence-corrected chi connectivity index (χ0v) is 16.0. The minimum atomic E-state index is -0.312. The van der Waals surface area contributed by atoms with Crippen LogP contribution in [0.4, 0.5) is 10.1 Å². The normalized spacial score (nSPS) is 10.4. The van der Waals surface area contributed by atoms with Gasteiger partial charge >= 0.3 is 0 Å². The second kappa shape index (κ2) is 8.96. The largest absolute Gasteiger partial charge is 0.488 e. The summed E-state index contributed by atoms with van der Waals surface area (Å²) in [5, 5.41) is 2.84. The van der Waals surface area contributed by atoms with Crippen molar-refractivity contribution in [3.63, 3.8) is 0 Å². The van der Waals surface area contributed by atoms with E-state index in [4.69, 9.17) is 4.74 Å². The van der Waals surface area contributed by atoms with E-state index >= 15 is 0 Å². The third-order valence-electron chi connectivity index (χ3n) is 4.46. The number of ether oxygens (including phenoxy) is 1. The average molecular weight is 399 g/mol. The number of hydrogen-bond donors (Lipinski definition) is 1. The van der Waals surface area contributed by atoms with Gasteiger partial charge in [0.15, 0.2) is 0 Å². The smallest absolute Gasteiger partial charge is 0.259 e. The Morgan fingerprint density at radius 3 is 2.43 bits per heavy atom. The fraction of sp³-hybridized carbons (Fsp3) is 0.0417. The van der Waals surface area contributed by atoms with Crippen LogP contribution in [0.5, 0.6) is 5.75 Å². The van der Waals surface area contributed by atoms with Gasteiger partial charge < -0.3 is 10.1 Å². The molecular formula is C24H18FN3O2. The molecule has 6 heteroatoms. The van der Waals surface area contributed by atoms with Gasteiger partial charge in [-0.3, -0.25) is 14.8 Å². The summed E-state index contributed by atoms with van der Waals surface area (Å²) < 4.78 is 19.0. The summed E-state index contributed by atoms with van der Waals surface area (Å²) in [6.07, 6.45) is 6.61. The molecular weight excluding hydrogens is 381 g/mol. The van der Waals surface area contributed by atoms with Gasteiger partial charge in [-0.05, 0) is 65.2 Å². The lowest BCUT2D eigenvalue weighted by Gasteiger charge is -2.14. The van der Waals surface area contributed by atoms with E-state index in [1.54, 1.807) is 61.2 Å². The summed E-state index contributed by atoms with van der Waals surface area (Å²) in [6, 6.07) is 18.7. The highest BCUT2D eigenvalue weighted by atomic mass is 19.1. The molecule has 0 fully saturated rings. The molecule has 1 N–H and O–H groups in total. The Morgan fingerprint density at radius 1 is 0.900 bits per heavy atom. The molecule has 0 aliphatic carbocycles. The molecule has 4 rings (SSSR count). The van der Waals surface area contributed by atoms with Gasteiger partial charge in [-0.15, -0.1) is 0 Å². The molecule has 0 atom stereocenters. The second-order valence-electron chi connectivity index (χ2n) is 6.56. The van der Waals surface area contributed by atoms with Crippen LogP contribution in [0.2, 0.25) is 0 Å². The summed E-state index contributed by atoms with van der Waals surface area (Å²) in [5.74, 6) is -0.191. The first-order valence-electron chi connectivity index (χ1n) is 9.32. The molecule has 2 aromatic heterocycles. The fourth-order valence-electron chi connectivity index (χ4n) is 2.93. The Morgan fingerprint density at radius 2 is 1.70 bits per heavy atom. The van der Waals surface area contributed by atoms with E-state index in [0.717, 1.165) is 16.7 Å². The molecule has 0 saturated carbocycles. The lowest BCUT2D eigenvalue weighted by atomic mass is 10.0. The van der Waals surface area contributed by atoms with E-state index in [1.165, 1.54) is 12.1 Å². The van der Waals surface area contributed by atoms with Crippen LogP contribution in [-0.2, 0) is 6.61 Å². The molecule has 0 spiro atoms. The fourth-order valence-corrected chi connectivity index (χ4v) is 2.93. The Kier molecular flexibility index (Phi) is 5.75. The van der Waals surface area contributed by atoms with Gasteiger partial charge in [-0.25, -0.2) is 4.39 Å². The van der Waals surface area contributed by atoms with Gasteiger partial charge in [-0.1, -0.05) is 18.2 Å². The van der Waals surface area contributed by atoms with E-state index in [9.17, 15) is 9.18 Å². The molecule has 0 radical (unpaired) electrons. The van der Waals surface area contributed by atoms with Crippen molar-refractivity contribution in [2.24, 2.45) is 0 Å². The van der Waals surface area contributed by atoms with Crippen molar-refractivity contribution in [3.8, 4) is 16.9 Å². The van der Waals surface area contributed by atoms with Crippen molar-refractivity contribution < 1.29 is 13.9 Å². The number of carbonyl (C=O) groups is 1. The number of carbonyl (C=O) groups excluding carboxylic acids is 1. The Bertz CT molecular complexity index is 1130. The van der Waals surface area contributed by atoms with Gasteiger partial charge in [0.25, 0.3) is 5.91 Å². The number of benzene rings is 2. The van der Waals surface area contributed by atoms with Crippen LogP contribution >= 0.6 is 0 Å². The minimum Gasteiger partial charge on any atom is -0.488 e. The van der Waals surface area contributed by atoms with E-state index in [-0.39, 0.29) is 18.3 Å². The van der Waals surface area contributed by atoms with Crippen molar-refractivity contribution in [2.75, 3.05) is 5.32 Å². The van der Waals surface area contributed by atoms with Gasteiger partial charge in [0, 0.05) is 18.6 Å². The number of anilines is 1. The van der Waals surface area contributed by atoms with Crippen molar-refractivity contribution in [1.29, 1.82) is 0 Å². The SMILES string of the molecule is O=C(Nc1cccnc1)c1cc(-c2ccncc2)ccc1OCc1ccc(F)cc1. The van der Waals surface area contributed by atoms with E-state index in [2.05, 4.69) is 15.3 Å².